The average Bonchev–Trinajstić information content (AvgIpc) is 3.22. The largest absolute Gasteiger partial charge is 0.491 e. The smallest absolute Gasteiger partial charge is 0.230 e. The number of halogens is 1. The molecule has 0 radical (unpaired) electrons. The molecule has 0 bridgehead atoms. The number of carbonyl (C=O) groups excluding carboxylic acids is 1. The normalized spacial score (nSPS) is 15.2. The minimum atomic E-state index is -0.335. The van der Waals surface area contributed by atoms with E-state index in [2.05, 4.69) is 34.7 Å². The van der Waals surface area contributed by atoms with Gasteiger partial charge >= 0.3 is 0 Å². The van der Waals surface area contributed by atoms with Crippen LogP contribution in [0.1, 0.15) is 43.7 Å². The molecule has 0 heterocycles. The van der Waals surface area contributed by atoms with Gasteiger partial charge in [-0.3, -0.25) is 9.79 Å². The van der Waals surface area contributed by atoms with Crippen molar-refractivity contribution >= 4 is 35.8 Å². The molecule has 0 saturated heterocycles. The van der Waals surface area contributed by atoms with Crippen molar-refractivity contribution in [2.24, 2.45) is 10.4 Å². The van der Waals surface area contributed by atoms with Gasteiger partial charge in [0.05, 0.1) is 12.0 Å². The van der Waals surface area contributed by atoms with Gasteiger partial charge in [-0.25, -0.2) is 0 Å². The van der Waals surface area contributed by atoms with Gasteiger partial charge in [0.25, 0.3) is 0 Å². The van der Waals surface area contributed by atoms with E-state index in [-0.39, 0.29) is 35.3 Å². The van der Waals surface area contributed by atoms with E-state index in [1.54, 1.807) is 11.9 Å². The van der Waals surface area contributed by atoms with E-state index in [1.807, 2.05) is 27.1 Å². The highest BCUT2D eigenvalue weighted by atomic mass is 127. The van der Waals surface area contributed by atoms with E-state index in [9.17, 15) is 4.79 Å². The van der Waals surface area contributed by atoms with E-state index in [4.69, 9.17) is 9.47 Å². The summed E-state index contributed by atoms with van der Waals surface area (Å²) in [4.78, 5) is 18.8. The standard InChI is InChI=1S/C23H38N4O3.HI/c1-6-29-13-14-30-20-15-18(2)9-10-19(20)16-25-22(24-3)26-17-23(11-7-8-12-23)21(28)27(4)5;/h9-10,15H,6-8,11-14,16-17H2,1-5H3,(H2,24,25,26);1H. The molecule has 1 amide bonds. The summed E-state index contributed by atoms with van der Waals surface area (Å²) < 4.78 is 11.3. The Hall–Kier alpha value is -1.55. The van der Waals surface area contributed by atoms with Gasteiger partial charge < -0.3 is 25.0 Å². The number of amides is 1. The van der Waals surface area contributed by atoms with Crippen molar-refractivity contribution in [3.05, 3.63) is 29.3 Å². The van der Waals surface area contributed by atoms with Gasteiger partial charge in [0.15, 0.2) is 5.96 Å². The van der Waals surface area contributed by atoms with Gasteiger partial charge in [-0.05, 0) is 38.3 Å². The van der Waals surface area contributed by atoms with Crippen LogP contribution < -0.4 is 15.4 Å². The fourth-order valence-electron chi connectivity index (χ4n) is 3.94. The molecule has 2 rings (SSSR count). The van der Waals surface area contributed by atoms with Crippen molar-refractivity contribution in [2.75, 3.05) is 47.5 Å². The number of nitrogens with zero attached hydrogens (tertiary/aromatic N) is 2. The fourth-order valence-corrected chi connectivity index (χ4v) is 3.94. The first-order valence-electron chi connectivity index (χ1n) is 10.9. The van der Waals surface area contributed by atoms with Gasteiger partial charge in [-0.15, -0.1) is 24.0 Å². The average molecular weight is 546 g/mol. The third kappa shape index (κ3) is 8.14. The Bertz CT molecular complexity index is 719. The van der Waals surface area contributed by atoms with Crippen LogP contribution in [0.4, 0.5) is 0 Å². The number of aryl methyl sites for hydroxylation is 1. The Morgan fingerprint density at radius 2 is 1.90 bits per heavy atom. The summed E-state index contributed by atoms with van der Waals surface area (Å²) in [5.41, 5.74) is 1.87. The molecule has 0 spiro atoms. The molecule has 2 N–H and O–H groups in total. The maximum atomic E-state index is 12.8. The second kappa shape index (κ2) is 13.8. The summed E-state index contributed by atoms with van der Waals surface area (Å²) in [6.45, 7) is 6.98. The molecule has 7 nitrogen and oxygen atoms in total. The number of guanidine groups is 1. The molecule has 1 aromatic carbocycles. The van der Waals surface area contributed by atoms with E-state index < -0.39 is 0 Å². The second-order valence-corrected chi connectivity index (χ2v) is 8.12. The molecule has 176 valence electrons. The Kier molecular flexibility index (Phi) is 12.2. The number of rotatable bonds is 10. The molecule has 1 aromatic rings. The molecule has 0 unspecified atom stereocenters. The molecule has 8 heteroatoms. The van der Waals surface area contributed by atoms with E-state index in [1.165, 1.54) is 0 Å². The number of nitrogens with one attached hydrogen (secondary N) is 2. The van der Waals surface area contributed by atoms with Crippen molar-refractivity contribution in [2.45, 2.75) is 46.1 Å². The molecule has 1 aliphatic rings. The maximum absolute atomic E-state index is 12.8. The number of ether oxygens (including phenoxy) is 2. The lowest BCUT2D eigenvalue weighted by Gasteiger charge is -2.31. The Labute approximate surface area is 204 Å². The van der Waals surface area contributed by atoms with Crippen LogP contribution >= 0.6 is 24.0 Å². The first kappa shape index (κ1) is 27.5. The number of hydrogen-bond acceptors (Lipinski definition) is 4. The third-order valence-electron chi connectivity index (χ3n) is 5.60. The first-order valence-corrected chi connectivity index (χ1v) is 10.9. The summed E-state index contributed by atoms with van der Waals surface area (Å²) in [7, 11) is 5.42. The quantitative estimate of drug-likeness (QED) is 0.204. The molecule has 31 heavy (non-hydrogen) atoms. The van der Waals surface area contributed by atoms with Crippen molar-refractivity contribution in [3.63, 3.8) is 0 Å². The van der Waals surface area contributed by atoms with Crippen molar-refractivity contribution in [3.8, 4) is 5.75 Å². The molecule has 1 aliphatic carbocycles. The van der Waals surface area contributed by atoms with Crippen LogP contribution in [0.25, 0.3) is 0 Å². The van der Waals surface area contributed by atoms with E-state index >= 15 is 0 Å². The molecule has 0 aliphatic heterocycles. The highest BCUT2D eigenvalue weighted by Gasteiger charge is 2.42. The predicted molar refractivity (Wildman–Crippen MR) is 136 cm³/mol. The minimum absolute atomic E-state index is 0. The van der Waals surface area contributed by atoms with Crippen LogP contribution in [-0.2, 0) is 16.1 Å². The molecule has 0 aromatic heterocycles. The van der Waals surface area contributed by atoms with Crippen molar-refractivity contribution in [1.29, 1.82) is 0 Å². The number of carbonyl (C=O) groups is 1. The predicted octanol–water partition coefficient (Wildman–Crippen LogP) is 3.34. The van der Waals surface area contributed by atoms with Crippen molar-refractivity contribution < 1.29 is 14.3 Å². The Morgan fingerprint density at radius 1 is 1.19 bits per heavy atom. The van der Waals surface area contributed by atoms with E-state index in [0.29, 0.717) is 38.9 Å². The van der Waals surface area contributed by atoms with Crippen LogP contribution in [0.5, 0.6) is 5.75 Å². The first-order chi connectivity index (χ1) is 14.4. The summed E-state index contributed by atoms with van der Waals surface area (Å²) >= 11 is 0. The number of benzene rings is 1. The maximum Gasteiger partial charge on any atom is 0.230 e. The fraction of sp³-hybridized carbons (Fsp3) is 0.652. The Morgan fingerprint density at radius 3 is 2.52 bits per heavy atom. The molecular formula is C23H39IN4O3. The highest BCUT2D eigenvalue weighted by Crippen LogP contribution is 2.38. The van der Waals surface area contributed by atoms with Crippen molar-refractivity contribution in [1.82, 2.24) is 15.5 Å². The Balaban J connectivity index is 0.00000480. The number of aliphatic imine (C=N–C) groups is 1. The summed E-state index contributed by atoms with van der Waals surface area (Å²) in [6, 6.07) is 6.19. The lowest BCUT2D eigenvalue weighted by atomic mass is 9.84. The molecular weight excluding hydrogens is 507 g/mol. The van der Waals surface area contributed by atoms with Gasteiger partial charge in [-0.1, -0.05) is 25.0 Å². The van der Waals surface area contributed by atoms with Gasteiger partial charge in [0.1, 0.15) is 12.4 Å². The lowest BCUT2D eigenvalue weighted by molar-refractivity contribution is -0.138. The monoisotopic (exact) mass is 546 g/mol. The zero-order chi connectivity index (χ0) is 22.0. The zero-order valence-electron chi connectivity index (χ0n) is 19.6. The van der Waals surface area contributed by atoms with Crippen LogP contribution in [0, 0.1) is 12.3 Å². The zero-order valence-corrected chi connectivity index (χ0v) is 22.0. The van der Waals surface area contributed by atoms with E-state index in [0.717, 1.165) is 42.6 Å². The van der Waals surface area contributed by atoms with Gasteiger partial charge in [0, 0.05) is 46.4 Å². The molecule has 1 saturated carbocycles. The molecule has 1 fully saturated rings. The van der Waals surface area contributed by atoms with Crippen LogP contribution in [0.2, 0.25) is 0 Å². The van der Waals surface area contributed by atoms with Crippen LogP contribution in [-0.4, -0.2) is 64.3 Å². The summed E-state index contributed by atoms with van der Waals surface area (Å²) in [6.07, 6.45) is 4.03. The molecule has 0 atom stereocenters. The second-order valence-electron chi connectivity index (χ2n) is 8.12. The topological polar surface area (TPSA) is 75.2 Å². The minimum Gasteiger partial charge on any atom is -0.491 e. The third-order valence-corrected chi connectivity index (χ3v) is 5.60. The number of hydrogen-bond donors (Lipinski definition) is 2. The van der Waals surface area contributed by atoms with Crippen LogP contribution in [0.15, 0.2) is 23.2 Å². The lowest BCUT2D eigenvalue weighted by Crippen LogP contribution is -2.49. The SMILES string of the molecule is CCOCCOc1cc(C)ccc1CNC(=NC)NCC1(C(=O)N(C)C)CCCC1.I. The summed E-state index contributed by atoms with van der Waals surface area (Å²) in [5, 5.41) is 6.74. The van der Waals surface area contributed by atoms with Gasteiger partial charge in [0.2, 0.25) is 5.91 Å². The highest BCUT2D eigenvalue weighted by molar-refractivity contribution is 14.0. The van der Waals surface area contributed by atoms with Gasteiger partial charge in [-0.2, -0.15) is 0 Å². The van der Waals surface area contributed by atoms with Crippen LogP contribution in [0.3, 0.4) is 0 Å². The summed E-state index contributed by atoms with van der Waals surface area (Å²) in [5.74, 6) is 1.74.